The molecule has 0 radical (unpaired) electrons. The number of terminal acetylenes is 1. The number of aromatic nitrogens is 1. The lowest BCUT2D eigenvalue weighted by Gasteiger charge is -2.22. The molecule has 1 atom stereocenters. The van der Waals surface area contributed by atoms with Gasteiger partial charge in [-0.25, -0.2) is 0 Å². The molecule has 1 fully saturated rings. The zero-order chi connectivity index (χ0) is 12.3. The van der Waals surface area contributed by atoms with E-state index in [4.69, 9.17) is 6.42 Å². The average molecular weight is 230 g/mol. The van der Waals surface area contributed by atoms with Gasteiger partial charge in [-0.15, -0.1) is 6.42 Å². The van der Waals surface area contributed by atoms with Crippen molar-refractivity contribution < 1.29 is 5.11 Å². The Balaban J connectivity index is 2.08. The van der Waals surface area contributed by atoms with Gasteiger partial charge in [0, 0.05) is 6.54 Å². The highest BCUT2D eigenvalue weighted by atomic mass is 16.3. The highest BCUT2D eigenvalue weighted by Crippen LogP contribution is 2.31. The molecule has 17 heavy (non-hydrogen) atoms. The monoisotopic (exact) mass is 230 g/mol. The highest BCUT2D eigenvalue weighted by Gasteiger charge is 2.24. The minimum absolute atomic E-state index is 0.520. The van der Waals surface area contributed by atoms with Crippen LogP contribution in [0.2, 0.25) is 0 Å². The van der Waals surface area contributed by atoms with Gasteiger partial charge in [0.1, 0.15) is 0 Å². The number of pyridine rings is 1. The van der Waals surface area contributed by atoms with Crippen molar-refractivity contribution in [2.24, 2.45) is 5.92 Å². The number of aliphatic hydroxyl groups is 1. The second-order valence-corrected chi connectivity index (χ2v) is 4.65. The van der Waals surface area contributed by atoms with Gasteiger partial charge in [0.25, 0.3) is 0 Å². The van der Waals surface area contributed by atoms with Gasteiger partial charge in [-0.1, -0.05) is 5.92 Å². The van der Waals surface area contributed by atoms with E-state index in [2.05, 4.69) is 15.8 Å². The minimum Gasteiger partial charge on any atom is -0.387 e. The van der Waals surface area contributed by atoms with Crippen LogP contribution >= 0.6 is 0 Å². The number of hydrogen-bond acceptors (Lipinski definition) is 3. The predicted octanol–water partition coefficient (Wildman–Crippen LogP) is 1.98. The van der Waals surface area contributed by atoms with Crippen LogP contribution in [0.25, 0.3) is 0 Å². The van der Waals surface area contributed by atoms with Gasteiger partial charge in [-0.2, -0.15) is 0 Å². The Hall–Kier alpha value is -1.53. The summed E-state index contributed by atoms with van der Waals surface area (Å²) < 4.78 is 0. The Morgan fingerprint density at radius 3 is 2.82 bits per heavy atom. The molecule has 0 spiro atoms. The smallest absolute Gasteiger partial charge is 0.0931 e. The largest absolute Gasteiger partial charge is 0.387 e. The molecule has 1 aromatic heterocycles. The van der Waals surface area contributed by atoms with E-state index in [1.165, 1.54) is 12.8 Å². The Morgan fingerprint density at radius 1 is 1.59 bits per heavy atom. The third-order valence-corrected chi connectivity index (χ3v) is 3.02. The lowest BCUT2D eigenvalue weighted by Crippen LogP contribution is -2.26. The maximum absolute atomic E-state index is 9.40. The molecule has 1 saturated carbocycles. The van der Waals surface area contributed by atoms with Crippen LogP contribution in [0.15, 0.2) is 18.3 Å². The summed E-state index contributed by atoms with van der Waals surface area (Å²) in [5.74, 6) is 3.48. The molecule has 1 aliphatic rings. The van der Waals surface area contributed by atoms with Crippen molar-refractivity contribution in [3.63, 3.8) is 0 Å². The van der Waals surface area contributed by atoms with E-state index in [0.717, 1.165) is 18.2 Å². The van der Waals surface area contributed by atoms with Gasteiger partial charge in [0.05, 0.1) is 30.2 Å². The summed E-state index contributed by atoms with van der Waals surface area (Å²) in [5, 5.41) is 9.40. The third kappa shape index (κ3) is 3.21. The van der Waals surface area contributed by atoms with Gasteiger partial charge in [0.2, 0.25) is 0 Å². The van der Waals surface area contributed by atoms with Crippen molar-refractivity contribution in [1.29, 1.82) is 0 Å². The Labute approximate surface area is 102 Å². The molecule has 0 unspecified atom stereocenters. The number of anilines is 1. The van der Waals surface area contributed by atoms with Crippen LogP contribution in [0.5, 0.6) is 0 Å². The summed E-state index contributed by atoms with van der Waals surface area (Å²) in [4.78, 5) is 6.43. The van der Waals surface area contributed by atoms with Crippen LogP contribution in [-0.2, 0) is 0 Å². The first-order valence-corrected chi connectivity index (χ1v) is 6.03. The molecule has 3 heteroatoms. The fourth-order valence-electron chi connectivity index (χ4n) is 1.82. The van der Waals surface area contributed by atoms with Crippen LogP contribution in [0.3, 0.4) is 0 Å². The highest BCUT2D eigenvalue weighted by molar-refractivity contribution is 5.46. The predicted molar refractivity (Wildman–Crippen MR) is 68.6 cm³/mol. The fourth-order valence-corrected chi connectivity index (χ4v) is 1.82. The standard InChI is InChI=1S/C14H18N2O/c1-3-8-16(10-12-4-5-12)13-6-7-14(11(2)17)15-9-13/h1,6-7,9,11-12,17H,4-5,8,10H2,2H3/t11-/m0/s1. The van der Waals surface area contributed by atoms with E-state index in [-0.39, 0.29) is 0 Å². The zero-order valence-electron chi connectivity index (χ0n) is 10.1. The zero-order valence-corrected chi connectivity index (χ0v) is 10.1. The van der Waals surface area contributed by atoms with Gasteiger partial charge in [-0.3, -0.25) is 4.98 Å². The van der Waals surface area contributed by atoms with Gasteiger partial charge in [0.15, 0.2) is 0 Å². The molecule has 2 rings (SSSR count). The number of nitrogens with zero attached hydrogens (tertiary/aromatic N) is 2. The van der Waals surface area contributed by atoms with Crippen LogP contribution in [0.4, 0.5) is 5.69 Å². The van der Waals surface area contributed by atoms with Crippen molar-refractivity contribution in [2.75, 3.05) is 18.0 Å². The van der Waals surface area contributed by atoms with Crippen LogP contribution < -0.4 is 4.90 Å². The maximum Gasteiger partial charge on any atom is 0.0931 e. The molecule has 1 aliphatic carbocycles. The number of rotatable bonds is 5. The first-order valence-electron chi connectivity index (χ1n) is 6.03. The molecule has 0 saturated heterocycles. The molecule has 3 nitrogen and oxygen atoms in total. The molecule has 1 N–H and O–H groups in total. The summed E-state index contributed by atoms with van der Waals surface area (Å²) in [6, 6.07) is 3.84. The van der Waals surface area contributed by atoms with Crippen molar-refractivity contribution in [2.45, 2.75) is 25.9 Å². The maximum atomic E-state index is 9.40. The van der Waals surface area contributed by atoms with E-state index >= 15 is 0 Å². The molecule has 1 heterocycles. The van der Waals surface area contributed by atoms with Crippen molar-refractivity contribution in [3.05, 3.63) is 24.0 Å². The normalized spacial score (nSPS) is 16.3. The summed E-state index contributed by atoms with van der Waals surface area (Å²) in [7, 11) is 0. The van der Waals surface area contributed by atoms with Gasteiger partial charge >= 0.3 is 0 Å². The molecule has 0 aliphatic heterocycles. The van der Waals surface area contributed by atoms with Crippen LogP contribution in [0.1, 0.15) is 31.6 Å². The summed E-state index contributed by atoms with van der Waals surface area (Å²) in [6.45, 7) is 3.34. The summed E-state index contributed by atoms with van der Waals surface area (Å²) in [5.41, 5.74) is 1.74. The van der Waals surface area contributed by atoms with Crippen molar-refractivity contribution in [3.8, 4) is 12.3 Å². The van der Waals surface area contributed by atoms with E-state index in [1.807, 2.05) is 12.1 Å². The lowest BCUT2D eigenvalue weighted by atomic mass is 10.2. The molecular formula is C14H18N2O. The fraction of sp³-hybridized carbons (Fsp3) is 0.500. The first kappa shape index (κ1) is 11.9. The van der Waals surface area contributed by atoms with Gasteiger partial charge in [-0.05, 0) is 37.8 Å². The number of aliphatic hydroxyl groups excluding tert-OH is 1. The Bertz CT molecular complexity index is 401. The van der Waals surface area contributed by atoms with E-state index < -0.39 is 6.10 Å². The van der Waals surface area contributed by atoms with Crippen molar-refractivity contribution in [1.82, 2.24) is 4.98 Å². The Kier molecular flexibility index (Phi) is 3.65. The second-order valence-electron chi connectivity index (χ2n) is 4.65. The summed E-state index contributed by atoms with van der Waals surface area (Å²) >= 11 is 0. The molecule has 0 amide bonds. The lowest BCUT2D eigenvalue weighted by molar-refractivity contribution is 0.194. The van der Waals surface area contributed by atoms with Gasteiger partial charge < -0.3 is 10.0 Å². The first-order chi connectivity index (χ1) is 8.20. The van der Waals surface area contributed by atoms with Crippen molar-refractivity contribution >= 4 is 5.69 Å². The minimum atomic E-state index is -0.520. The average Bonchev–Trinajstić information content (AvgIpc) is 3.13. The molecule has 1 aromatic rings. The SMILES string of the molecule is C#CCN(CC1CC1)c1ccc([C@H](C)O)nc1. The Morgan fingerprint density at radius 2 is 2.35 bits per heavy atom. The molecular weight excluding hydrogens is 212 g/mol. The second kappa shape index (κ2) is 5.20. The third-order valence-electron chi connectivity index (χ3n) is 3.02. The van der Waals surface area contributed by atoms with Crippen LogP contribution in [-0.4, -0.2) is 23.2 Å². The molecule has 0 aromatic carbocycles. The molecule has 0 bridgehead atoms. The number of hydrogen-bond donors (Lipinski definition) is 1. The van der Waals surface area contributed by atoms with E-state index in [1.54, 1.807) is 13.1 Å². The van der Waals surface area contributed by atoms with E-state index in [0.29, 0.717) is 12.2 Å². The molecule has 90 valence electrons. The van der Waals surface area contributed by atoms with Crippen LogP contribution in [0, 0.1) is 18.3 Å². The topological polar surface area (TPSA) is 36.4 Å². The van der Waals surface area contributed by atoms with E-state index in [9.17, 15) is 5.11 Å². The quantitative estimate of drug-likeness (QED) is 0.786. The summed E-state index contributed by atoms with van der Waals surface area (Å²) in [6.07, 6.45) is 9.27.